The average molecular weight is 84.1 g/mol. The van der Waals surface area contributed by atoms with Crippen LogP contribution in [0.25, 0.3) is 0 Å². The van der Waals surface area contributed by atoms with E-state index in [0.717, 1.165) is 6.54 Å². The predicted octanol–water partition coefficient (Wildman–Crippen LogP) is 0.177. The van der Waals surface area contributed by atoms with Gasteiger partial charge in [-0.3, -0.25) is 0 Å². The maximum absolute atomic E-state index is 4.89. The third kappa shape index (κ3) is 0.175. The van der Waals surface area contributed by atoms with Crippen LogP contribution < -0.4 is 0 Å². The fraction of sp³-hybridized carbons (Fsp3) is 1.00. The van der Waals surface area contributed by atoms with Crippen molar-refractivity contribution in [3.63, 3.8) is 0 Å². The lowest BCUT2D eigenvalue weighted by Crippen LogP contribution is -1.84. The van der Waals surface area contributed by atoms with Crippen molar-refractivity contribution in [1.82, 2.24) is 0 Å². The molecule has 6 heavy (non-hydrogen) atoms. The molecule has 0 amide bonds. The lowest BCUT2D eigenvalue weighted by molar-refractivity contribution is 0.352. The third-order valence-electron chi connectivity index (χ3n) is 1.01. The molecule has 2 heterocycles. The molecule has 0 aromatic heterocycles. The van der Waals surface area contributed by atoms with Gasteiger partial charge in [-0.05, 0) is 0 Å². The van der Waals surface area contributed by atoms with Crippen LogP contribution in [0.2, 0.25) is 0 Å². The van der Waals surface area contributed by atoms with Gasteiger partial charge < -0.3 is 4.74 Å². The van der Waals surface area contributed by atoms with Crippen LogP contribution in [-0.4, -0.2) is 18.9 Å². The van der Waals surface area contributed by atoms with E-state index in [4.69, 9.17) is 4.74 Å². The highest BCUT2D eigenvalue weighted by Gasteiger charge is 2.42. The number of hydrogen-bond acceptors (Lipinski definition) is 3. The summed E-state index contributed by atoms with van der Waals surface area (Å²) in [5.41, 5.74) is 0. The number of nitrogens with zero attached hydrogens (tertiary/aromatic N) is 2. The van der Waals surface area contributed by atoms with Crippen LogP contribution in [0.1, 0.15) is 0 Å². The summed E-state index contributed by atoms with van der Waals surface area (Å²) in [7, 11) is 0. The Morgan fingerprint density at radius 3 is 2.83 bits per heavy atom. The van der Waals surface area contributed by atoms with E-state index < -0.39 is 0 Å². The van der Waals surface area contributed by atoms with Crippen LogP contribution in [0.3, 0.4) is 0 Å². The van der Waals surface area contributed by atoms with Gasteiger partial charge in [-0.2, -0.15) is 10.2 Å². The van der Waals surface area contributed by atoms with Crippen molar-refractivity contribution in [3.8, 4) is 0 Å². The zero-order chi connectivity index (χ0) is 3.98. The van der Waals surface area contributed by atoms with Gasteiger partial charge in [-0.25, -0.2) is 0 Å². The van der Waals surface area contributed by atoms with E-state index >= 15 is 0 Å². The first-order valence-electron chi connectivity index (χ1n) is 1.99. The molecule has 0 aromatic rings. The Morgan fingerprint density at radius 2 is 2.67 bits per heavy atom. The van der Waals surface area contributed by atoms with E-state index in [9.17, 15) is 0 Å². The number of rotatable bonds is 0. The molecule has 32 valence electrons. The Labute approximate surface area is 35.0 Å². The first-order valence-corrected chi connectivity index (χ1v) is 1.99. The summed E-state index contributed by atoms with van der Waals surface area (Å²) in [4.78, 5) is 0. The number of epoxide rings is 1. The Balaban J connectivity index is 2.26. The van der Waals surface area contributed by atoms with E-state index in [1.165, 1.54) is 0 Å². The van der Waals surface area contributed by atoms with Crippen LogP contribution >= 0.6 is 0 Å². The quantitative estimate of drug-likeness (QED) is 0.385. The number of fused-ring (bicyclic) bond motifs is 1. The maximum atomic E-state index is 4.89. The monoisotopic (exact) mass is 84.0 g/mol. The van der Waals surface area contributed by atoms with Gasteiger partial charge in [0.25, 0.3) is 0 Å². The standard InChI is InChI=1S/C3H4N2O/c1-2-3(6-2)5-4-1/h2-3H,1H2. The molecule has 0 aliphatic carbocycles. The Kier molecular flexibility index (Phi) is 0.283. The third-order valence-corrected chi connectivity index (χ3v) is 1.01. The number of ether oxygens (including phenoxy) is 1. The number of hydrogen-bond donors (Lipinski definition) is 0. The van der Waals surface area contributed by atoms with Crippen molar-refractivity contribution in [2.45, 2.75) is 12.3 Å². The van der Waals surface area contributed by atoms with Crippen molar-refractivity contribution >= 4 is 0 Å². The fourth-order valence-electron chi connectivity index (χ4n) is 0.577. The van der Waals surface area contributed by atoms with Gasteiger partial charge in [0.2, 0.25) is 0 Å². The van der Waals surface area contributed by atoms with Gasteiger partial charge in [-0.15, -0.1) is 0 Å². The largest absolute Gasteiger partial charge is 0.342 e. The SMILES string of the molecule is C1N=NC2OC12. The molecule has 1 fully saturated rings. The van der Waals surface area contributed by atoms with Crippen molar-refractivity contribution < 1.29 is 4.74 Å². The molecule has 0 spiro atoms. The van der Waals surface area contributed by atoms with E-state index in [-0.39, 0.29) is 6.23 Å². The van der Waals surface area contributed by atoms with E-state index in [1.54, 1.807) is 0 Å². The summed E-state index contributed by atoms with van der Waals surface area (Å²) in [5, 5.41) is 7.43. The van der Waals surface area contributed by atoms with Gasteiger partial charge in [0.1, 0.15) is 6.10 Å². The van der Waals surface area contributed by atoms with Crippen LogP contribution in [0, 0.1) is 0 Å². The summed E-state index contributed by atoms with van der Waals surface area (Å²) in [6, 6.07) is 0. The number of azo groups is 1. The molecule has 3 nitrogen and oxygen atoms in total. The lowest BCUT2D eigenvalue weighted by Gasteiger charge is -1.71. The highest BCUT2D eigenvalue weighted by Crippen LogP contribution is 2.28. The van der Waals surface area contributed by atoms with Gasteiger partial charge in [0.15, 0.2) is 6.23 Å². The van der Waals surface area contributed by atoms with Crippen LogP contribution in [0.5, 0.6) is 0 Å². The average Bonchev–Trinajstić information content (AvgIpc) is 2.17. The van der Waals surface area contributed by atoms with E-state index in [2.05, 4.69) is 10.2 Å². The normalized spacial score (nSPS) is 49.3. The van der Waals surface area contributed by atoms with Crippen molar-refractivity contribution in [2.24, 2.45) is 10.2 Å². The van der Waals surface area contributed by atoms with Crippen molar-refractivity contribution in [2.75, 3.05) is 6.54 Å². The van der Waals surface area contributed by atoms with Crippen LogP contribution in [0.4, 0.5) is 0 Å². The Bertz CT molecular complexity index is 101. The molecule has 2 aliphatic rings. The summed E-state index contributed by atoms with van der Waals surface area (Å²) >= 11 is 0. The second kappa shape index (κ2) is 0.632. The minimum Gasteiger partial charge on any atom is -0.342 e. The molecule has 0 bridgehead atoms. The summed E-state index contributed by atoms with van der Waals surface area (Å²) < 4.78 is 4.89. The summed E-state index contributed by atoms with van der Waals surface area (Å²) in [6.45, 7) is 0.796. The molecule has 3 heteroatoms. The first-order chi connectivity index (χ1) is 2.97. The Hall–Kier alpha value is -0.440. The maximum Gasteiger partial charge on any atom is 0.197 e. The molecular formula is C3H4N2O. The molecule has 0 radical (unpaired) electrons. The molecule has 2 atom stereocenters. The fourth-order valence-corrected chi connectivity index (χ4v) is 0.577. The minimum absolute atomic E-state index is 0.171. The molecular weight excluding hydrogens is 80.0 g/mol. The Morgan fingerprint density at radius 1 is 1.67 bits per heavy atom. The lowest BCUT2D eigenvalue weighted by atomic mass is 10.5. The van der Waals surface area contributed by atoms with Gasteiger partial charge in [0.05, 0.1) is 6.54 Å². The first kappa shape index (κ1) is 2.69. The molecule has 0 saturated carbocycles. The van der Waals surface area contributed by atoms with Crippen molar-refractivity contribution in [3.05, 3.63) is 0 Å². The zero-order valence-corrected chi connectivity index (χ0v) is 3.16. The van der Waals surface area contributed by atoms with Gasteiger partial charge >= 0.3 is 0 Å². The molecule has 0 aromatic carbocycles. The smallest absolute Gasteiger partial charge is 0.197 e. The molecule has 2 unspecified atom stereocenters. The predicted molar refractivity (Wildman–Crippen MR) is 18.4 cm³/mol. The van der Waals surface area contributed by atoms with E-state index in [0.29, 0.717) is 6.10 Å². The second-order valence-electron chi connectivity index (χ2n) is 1.50. The van der Waals surface area contributed by atoms with Crippen LogP contribution in [-0.2, 0) is 4.74 Å². The van der Waals surface area contributed by atoms with Gasteiger partial charge in [-0.1, -0.05) is 0 Å². The van der Waals surface area contributed by atoms with E-state index in [1.807, 2.05) is 0 Å². The van der Waals surface area contributed by atoms with Gasteiger partial charge in [0, 0.05) is 0 Å². The zero-order valence-electron chi connectivity index (χ0n) is 3.16. The summed E-state index contributed by atoms with van der Waals surface area (Å²) in [5.74, 6) is 0. The molecule has 0 N–H and O–H groups in total. The highest BCUT2D eigenvalue weighted by atomic mass is 16.6. The molecule has 1 saturated heterocycles. The molecule has 2 rings (SSSR count). The highest BCUT2D eigenvalue weighted by molar-refractivity contribution is 4.87. The van der Waals surface area contributed by atoms with Crippen molar-refractivity contribution in [1.29, 1.82) is 0 Å². The van der Waals surface area contributed by atoms with Crippen LogP contribution in [0.15, 0.2) is 10.2 Å². The summed E-state index contributed by atoms with van der Waals surface area (Å²) in [6.07, 6.45) is 0.551. The second-order valence-corrected chi connectivity index (χ2v) is 1.50. The minimum atomic E-state index is 0.171. The topological polar surface area (TPSA) is 37.2 Å². The molecule has 2 aliphatic heterocycles.